The number of aliphatic carboxylic acids is 1. The molecule has 17 heavy (non-hydrogen) atoms. The fourth-order valence-electron chi connectivity index (χ4n) is 1.33. The molecule has 0 spiro atoms. The molecule has 6 nitrogen and oxygen atoms in total. The zero-order valence-electron chi connectivity index (χ0n) is 10.4. The zero-order chi connectivity index (χ0) is 13.6. The predicted octanol–water partition coefficient (Wildman–Crippen LogP) is 0.337. The van der Waals surface area contributed by atoms with E-state index in [4.69, 9.17) is 10.8 Å². The van der Waals surface area contributed by atoms with Gasteiger partial charge in [0.25, 0.3) is 0 Å². The van der Waals surface area contributed by atoms with E-state index in [1.807, 2.05) is 0 Å². The molecule has 0 saturated carbocycles. The van der Waals surface area contributed by atoms with E-state index in [-0.39, 0.29) is 25.2 Å². The second-order valence-electron chi connectivity index (χ2n) is 4.44. The van der Waals surface area contributed by atoms with E-state index in [9.17, 15) is 14.4 Å². The molecule has 98 valence electrons. The van der Waals surface area contributed by atoms with Crippen LogP contribution in [-0.2, 0) is 19.1 Å². The van der Waals surface area contributed by atoms with Gasteiger partial charge >= 0.3 is 11.9 Å². The lowest BCUT2D eigenvalue weighted by Crippen LogP contribution is -2.39. The van der Waals surface area contributed by atoms with Crippen LogP contribution >= 0.6 is 0 Å². The highest BCUT2D eigenvalue weighted by atomic mass is 16.5. The number of ketones is 1. The number of esters is 1. The second-order valence-corrected chi connectivity index (χ2v) is 4.44. The maximum Gasteiger partial charge on any atom is 0.320 e. The third-order valence-electron chi connectivity index (χ3n) is 2.41. The topological polar surface area (TPSA) is 107 Å². The van der Waals surface area contributed by atoms with Crippen LogP contribution in [0.4, 0.5) is 0 Å². The molecule has 0 saturated heterocycles. The highest BCUT2D eigenvalue weighted by molar-refractivity contribution is 5.98. The normalized spacial score (nSPS) is 12.9. The van der Waals surface area contributed by atoms with Crippen molar-refractivity contribution < 1.29 is 24.2 Å². The van der Waals surface area contributed by atoms with Gasteiger partial charge in [-0.05, 0) is 13.3 Å². The lowest BCUT2D eigenvalue weighted by atomic mass is 9.80. The van der Waals surface area contributed by atoms with E-state index < -0.39 is 23.4 Å². The van der Waals surface area contributed by atoms with Crippen LogP contribution in [0.25, 0.3) is 0 Å². The largest absolute Gasteiger partial charge is 0.480 e. The van der Waals surface area contributed by atoms with Gasteiger partial charge in [-0.15, -0.1) is 0 Å². The van der Waals surface area contributed by atoms with E-state index in [0.717, 1.165) is 0 Å². The van der Waals surface area contributed by atoms with Gasteiger partial charge in [-0.2, -0.15) is 0 Å². The third kappa shape index (κ3) is 5.44. The van der Waals surface area contributed by atoms with Gasteiger partial charge in [0, 0.05) is 5.41 Å². The predicted molar refractivity (Wildman–Crippen MR) is 60.3 cm³/mol. The average molecular weight is 245 g/mol. The van der Waals surface area contributed by atoms with Gasteiger partial charge < -0.3 is 15.6 Å². The zero-order valence-corrected chi connectivity index (χ0v) is 10.4. The van der Waals surface area contributed by atoms with Crippen molar-refractivity contribution in [2.24, 2.45) is 11.1 Å². The molecule has 6 heteroatoms. The Morgan fingerprint density at radius 3 is 2.29 bits per heavy atom. The first-order chi connectivity index (χ1) is 7.70. The molecule has 3 N–H and O–H groups in total. The van der Waals surface area contributed by atoms with E-state index >= 15 is 0 Å². The molecule has 0 bridgehead atoms. The summed E-state index contributed by atoms with van der Waals surface area (Å²) in [6.07, 6.45) is -0.367. The first-order valence-electron chi connectivity index (χ1n) is 5.38. The van der Waals surface area contributed by atoms with Crippen molar-refractivity contribution >= 4 is 17.7 Å². The molecule has 0 aliphatic carbocycles. The van der Waals surface area contributed by atoms with Crippen molar-refractivity contribution in [3.63, 3.8) is 0 Å². The van der Waals surface area contributed by atoms with Gasteiger partial charge in [0.2, 0.25) is 0 Å². The molecule has 0 aromatic heterocycles. The summed E-state index contributed by atoms with van der Waals surface area (Å²) in [6, 6.07) is -1.11. The Hall–Kier alpha value is -1.43. The van der Waals surface area contributed by atoms with Crippen LogP contribution in [0.1, 0.15) is 33.6 Å². The Balaban J connectivity index is 4.44. The fraction of sp³-hybridized carbons (Fsp3) is 0.727. The van der Waals surface area contributed by atoms with Crippen LogP contribution in [0.3, 0.4) is 0 Å². The SMILES string of the molecule is CCOC(=O)CC(=O)C(C)(C)CC(N)C(=O)O. The Bertz CT molecular complexity index is 311. The quantitative estimate of drug-likeness (QED) is 0.494. The Morgan fingerprint density at radius 1 is 1.35 bits per heavy atom. The molecule has 0 aliphatic heterocycles. The first-order valence-corrected chi connectivity index (χ1v) is 5.38. The summed E-state index contributed by atoms with van der Waals surface area (Å²) in [5, 5.41) is 8.67. The minimum absolute atomic E-state index is 0.0133. The number of carboxylic acid groups (broad SMARTS) is 1. The van der Waals surface area contributed by atoms with Crippen molar-refractivity contribution in [2.75, 3.05) is 6.61 Å². The van der Waals surface area contributed by atoms with Gasteiger partial charge in [-0.3, -0.25) is 14.4 Å². The number of ether oxygens (including phenoxy) is 1. The lowest BCUT2D eigenvalue weighted by molar-refractivity contribution is -0.147. The van der Waals surface area contributed by atoms with Crippen molar-refractivity contribution in [3.8, 4) is 0 Å². The summed E-state index contributed by atoms with van der Waals surface area (Å²) in [6.45, 7) is 4.99. The van der Waals surface area contributed by atoms with Crippen LogP contribution in [0.5, 0.6) is 0 Å². The standard InChI is InChI=1S/C11H19NO5/c1-4-17-9(14)5-8(13)11(2,3)6-7(12)10(15)16/h7H,4-6,12H2,1-3H3,(H,15,16). The molecule has 0 rings (SSSR count). The number of hydrogen-bond acceptors (Lipinski definition) is 5. The van der Waals surface area contributed by atoms with Crippen LogP contribution in [0, 0.1) is 5.41 Å². The van der Waals surface area contributed by atoms with E-state index in [1.165, 1.54) is 0 Å². The van der Waals surface area contributed by atoms with E-state index in [0.29, 0.717) is 0 Å². The molecule has 0 aromatic carbocycles. The number of carbonyl (C=O) groups excluding carboxylic acids is 2. The summed E-state index contributed by atoms with van der Waals surface area (Å²) in [5.74, 6) is -2.14. The molecule has 0 aliphatic rings. The number of carboxylic acids is 1. The number of rotatable bonds is 7. The number of Topliss-reactive ketones (excluding diaryl/α,β-unsaturated/α-hetero) is 1. The third-order valence-corrected chi connectivity index (χ3v) is 2.41. The minimum atomic E-state index is -1.16. The van der Waals surface area contributed by atoms with Crippen molar-refractivity contribution in [1.82, 2.24) is 0 Å². The van der Waals surface area contributed by atoms with Gasteiger partial charge in [0.15, 0.2) is 0 Å². The Morgan fingerprint density at radius 2 is 1.88 bits per heavy atom. The van der Waals surface area contributed by atoms with Crippen LogP contribution in [-0.4, -0.2) is 35.5 Å². The minimum Gasteiger partial charge on any atom is -0.480 e. The number of nitrogens with two attached hydrogens (primary N) is 1. The molecule has 0 heterocycles. The first kappa shape index (κ1) is 15.6. The summed E-state index contributed by atoms with van der Waals surface area (Å²) in [7, 11) is 0. The highest BCUT2D eigenvalue weighted by Crippen LogP contribution is 2.25. The summed E-state index contributed by atoms with van der Waals surface area (Å²) < 4.78 is 4.65. The molecule has 1 unspecified atom stereocenters. The van der Waals surface area contributed by atoms with Gasteiger partial charge in [-0.1, -0.05) is 13.8 Å². The molecular formula is C11H19NO5. The van der Waals surface area contributed by atoms with Crippen LogP contribution < -0.4 is 5.73 Å². The smallest absolute Gasteiger partial charge is 0.320 e. The van der Waals surface area contributed by atoms with Gasteiger partial charge in [-0.25, -0.2) is 0 Å². The maximum absolute atomic E-state index is 11.8. The van der Waals surface area contributed by atoms with E-state index in [1.54, 1.807) is 20.8 Å². The highest BCUT2D eigenvalue weighted by Gasteiger charge is 2.33. The summed E-state index contributed by atoms with van der Waals surface area (Å²) >= 11 is 0. The maximum atomic E-state index is 11.8. The molecule has 1 atom stereocenters. The molecule has 0 amide bonds. The van der Waals surface area contributed by atoms with Crippen molar-refractivity contribution in [3.05, 3.63) is 0 Å². The van der Waals surface area contributed by atoms with E-state index in [2.05, 4.69) is 4.74 Å². The van der Waals surface area contributed by atoms with Gasteiger partial charge in [0.1, 0.15) is 18.2 Å². The van der Waals surface area contributed by atoms with Gasteiger partial charge in [0.05, 0.1) is 6.61 Å². The monoisotopic (exact) mass is 245 g/mol. The molecule has 0 fully saturated rings. The number of carbonyl (C=O) groups is 3. The second kappa shape index (κ2) is 6.34. The summed E-state index contributed by atoms with van der Waals surface area (Å²) in [5.41, 5.74) is 4.41. The fourth-order valence-corrected chi connectivity index (χ4v) is 1.33. The van der Waals surface area contributed by atoms with Crippen LogP contribution in [0.15, 0.2) is 0 Å². The molecule has 0 aromatic rings. The summed E-state index contributed by atoms with van der Waals surface area (Å²) in [4.78, 5) is 33.5. The van der Waals surface area contributed by atoms with Crippen molar-refractivity contribution in [1.29, 1.82) is 0 Å². The lowest BCUT2D eigenvalue weighted by Gasteiger charge is -2.24. The molecule has 0 radical (unpaired) electrons. The molecular weight excluding hydrogens is 226 g/mol. The Labute approximate surface area is 100 Å². The van der Waals surface area contributed by atoms with Crippen LogP contribution in [0.2, 0.25) is 0 Å². The van der Waals surface area contributed by atoms with Crippen molar-refractivity contribution in [2.45, 2.75) is 39.7 Å². The average Bonchev–Trinajstić information content (AvgIpc) is 2.16. The number of hydrogen-bond donors (Lipinski definition) is 2. The Kier molecular flexibility index (Phi) is 5.81.